The standard InChI is InChI=1S/C15H20N4/c1-3-7-12-8-5-6-9-13(12)18-14-10-11-17-15(19-14)16-4-2/h5-6,8-11H,3-4,7H2,1-2H3,(H2,16,17,18,19). The Labute approximate surface area is 114 Å². The van der Waals surface area contributed by atoms with Gasteiger partial charge in [-0.2, -0.15) is 4.98 Å². The molecule has 0 aliphatic heterocycles. The fourth-order valence-electron chi connectivity index (χ4n) is 1.94. The molecule has 0 radical (unpaired) electrons. The van der Waals surface area contributed by atoms with Gasteiger partial charge in [0.15, 0.2) is 0 Å². The fourth-order valence-corrected chi connectivity index (χ4v) is 1.94. The normalized spacial score (nSPS) is 10.2. The van der Waals surface area contributed by atoms with Crippen molar-refractivity contribution in [3.05, 3.63) is 42.1 Å². The van der Waals surface area contributed by atoms with E-state index >= 15 is 0 Å². The lowest BCUT2D eigenvalue weighted by molar-refractivity contribution is 0.923. The molecule has 0 saturated carbocycles. The number of hydrogen-bond acceptors (Lipinski definition) is 4. The van der Waals surface area contributed by atoms with E-state index in [0.717, 1.165) is 30.9 Å². The highest BCUT2D eigenvalue weighted by molar-refractivity contribution is 5.61. The number of anilines is 3. The average Bonchev–Trinajstić information content (AvgIpc) is 2.42. The minimum atomic E-state index is 0.653. The van der Waals surface area contributed by atoms with Crippen LogP contribution in [0.1, 0.15) is 25.8 Å². The van der Waals surface area contributed by atoms with Crippen molar-refractivity contribution in [1.82, 2.24) is 9.97 Å². The van der Waals surface area contributed by atoms with Gasteiger partial charge < -0.3 is 10.6 Å². The molecule has 0 amide bonds. The molecule has 1 heterocycles. The van der Waals surface area contributed by atoms with Gasteiger partial charge in [0.25, 0.3) is 0 Å². The summed E-state index contributed by atoms with van der Waals surface area (Å²) in [7, 11) is 0. The Hall–Kier alpha value is -2.10. The van der Waals surface area contributed by atoms with Gasteiger partial charge in [0, 0.05) is 18.4 Å². The second kappa shape index (κ2) is 6.73. The van der Waals surface area contributed by atoms with Gasteiger partial charge in [-0.3, -0.25) is 0 Å². The maximum absolute atomic E-state index is 4.43. The number of nitrogens with zero attached hydrogens (tertiary/aromatic N) is 2. The quantitative estimate of drug-likeness (QED) is 0.829. The van der Waals surface area contributed by atoms with Gasteiger partial charge in [-0.15, -0.1) is 0 Å². The minimum Gasteiger partial charge on any atom is -0.354 e. The molecule has 100 valence electrons. The number of para-hydroxylation sites is 1. The summed E-state index contributed by atoms with van der Waals surface area (Å²) in [5.74, 6) is 1.47. The van der Waals surface area contributed by atoms with Crippen molar-refractivity contribution in [2.45, 2.75) is 26.7 Å². The highest BCUT2D eigenvalue weighted by atomic mass is 15.1. The molecule has 0 atom stereocenters. The molecule has 19 heavy (non-hydrogen) atoms. The van der Waals surface area contributed by atoms with Crippen LogP contribution in [-0.2, 0) is 6.42 Å². The van der Waals surface area contributed by atoms with E-state index in [2.05, 4.69) is 45.7 Å². The largest absolute Gasteiger partial charge is 0.354 e. The zero-order valence-electron chi connectivity index (χ0n) is 11.5. The Bertz CT molecular complexity index is 525. The third kappa shape index (κ3) is 3.68. The molecule has 0 spiro atoms. The maximum atomic E-state index is 4.43. The summed E-state index contributed by atoms with van der Waals surface area (Å²) in [5, 5.41) is 6.48. The molecule has 4 heteroatoms. The summed E-state index contributed by atoms with van der Waals surface area (Å²) in [6.07, 6.45) is 3.95. The molecule has 2 aromatic rings. The zero-order chi connectivity index (χ0) is 13.5. The summed E-state index contributed by atoms with van der Waals surface area (Å²) in [4.78, 5) is 8.59. The van der Waals surface area contributed by atoms with Crippen molar-refractivity contribution in [3.8, 4) is 0 Å². The maximum Gasteiger partial charge on any atom is 0.224 e. The number of hydrogen-bond donors (Lipinski definition) is 2. The highest BCUT2D eigenvalue weighted by Gasteiger charge is 2.03. The van der Waals surface area contributed by atoms with E-state index in [-0.39, 0.29) is 0 Å². The molecule has 0 aliphatic rings. The first-order valence-corrected chi connectivity index (χ1v) is 6.75. The van der Waals surface area contributed by atoms with Gasteiger partial charge in [0.2, 0.25) is 5.95 Å². The monoisotopic (exact) mass is 256 g/mol. The predicted octanol–water partition coefficient (Wildman–Crippen LogP) is 3.60. The first kappa shape index (κ1) is 13.3. The summed E-state index contributed by atoms with van der Waals surface area (Å²) >= 11 is 0. The molecule has 1 aromatic carbocycles. The van der Waals surface area contributed by atoms with Gasteiger partial charge in [-0.05, 0) is 31.0 Å². The van der Waals surface area contributed by atoms with Crippen molar-refractivity contribution in [3.63, 3.8) is 0 Å². The lowest BCUT2D eigenvalue weighted by atomic mass is 10.1. The molecule has 0 aliphatic carbocycles. The smallest absolute Gasteiger partial charge is 0.224 e. The average molecular weight is 256 g/mol. The Morgan fingerprint density at radius 2 is 1.95 bits per heavy atom. The predicted molar refractivity (Wildman–Crippen MR) is 79.9 cm³/mol. The van der Waals surface area contributed by atoms with Gasteiger partial charge in [-0.25, -0.2) is 4.98 Å². The Balaban J connectivity index is 2.18. The van der Waals surface area contributed by atoms with Gasteiger partial charge in [0.1, 0.15) is 5.82 Å². The van der Waals surface area contributed by atoms with Crippen LogP contribution in [0.3, 0.4) is 0 Å². The summed E-state index contributed by atoms with van der Waals surface area (Å²) in [5.41, 5.74) is 2.43. The Morgan fingerprint density at radius 3 is 2.74 bits per heavy atom. The van der Waals surface area contributed by atoms with E-state index in [1.807, 2.05) is 19.1 Å². The third-order valence-electron chi connectivity index (χ3n) is 2.79. The van der Waals surface area contributed by atoms with Gasteiger partial charge in [-0.1, -0.05) is 31.5 Å². The molecular weight excluding hydrogens is 236 g/mol. The van der Waals surface area contributed by atoms with Crippen LogP contribution in [0.15, 0.2) is 36.5 Å². The van der Waals surface area contributed by atoms with Crippen molar-refractivity contribution >= 4 is 17.5 Å². The number of rotatable bonds is 6. The van der Waals surface area contributed by atoms with Crippen LogP contribution in [0, 0.1) is 0 Å². The summed E-state index contributed by atoms with van der Waals surface area (Å²) < 4.78 is 0. The molecule has 2 rings (SSSR count). The van der Waals surface area contributed by atoms with E-state index in [1.54, 1.807) is 6.20 Å². The second-order valence-corrected chi connectivity index (χ2v) is 4.33. The van der Waals surface area contributed by atoms with E-state index in [9.17, 15) is 0 Å². The summed E-state index contributed by atoms with van der Waals surface area (Å²) in [6, 6.07) is 10.2. The van der Waals surface area contributed by atoms with Crippen molar-refractivity contribution in [2.24, 2.45) is 0 Å². The van der Waals surface area contributed by atoms with Crippen LogP contribution in [0.4, 0.5) is 17.5 Å². The van der Waals surface area contributed by atoms with E-state index in [1.165, 1.54) is 5.56 Å². The molecule has 1 aromatic heterocycles. The number of aromatic nitrogens is 2. The second-order valence-electron chi connectivity index (χ2n) is 4.33. The highest BCUT2D eigenvalue weighted by Crippen LogP contribution is 2.21. The fraction of sp³-hybridized carbons (Fsp3) is 0.333. The van der Waals surface area contributed by atoms with E-state index in [0.29, 0.717) is 5.95 Å². The number of nitrogens with one attached hydrogen (secondary N) is 2. The van der Waals surface area contributed by atoms with Crippen LogP contribution in [0.5, 0.6) is 0 Å². The van der Waals surface area contributed by atoms with E-state index in [4.69, 9.17) is 0 Å². The first-order valence-electron chi connectivity index (χ1n) is 6.75. The molecule has 0 saturated heterocycles. The van der Waals surface area contributed by atoms with Crippen LogP contribution >= 0.6 is 0 Å². The minimum absolute atomic E-state index is 0.653. The van der Waals surface area contributed by atoms with Crippen LogP contribution in [0.2, 0.25) is 0 Å². The first-order chi connectivity index (χ1) is 9.33. The zero-order valence-corrected chi connectivity index (χ0v) is 11.5. The topological polar surface area (TPSA) is 49.8 Å². The van der Waals surface area contributed by atoms with Crippen LogP contribution in [-0.4, -0.2) is 16.5 Å². The molecule has 2 N–H and O–H groups in total. The Kier molecular flexibility index (Phi) is 4.72. The molecule has 0 unspecified atom stereocenters. The van der Waals surface area contributed by atoms with Crippen molar-refractivity contribution in [2.75, 3.05) is 17.2 Å². The Morgan fingerprint density at radius 1 is 1.11 bits per heavy atom. The van der Waals surface area contributed by atoms with Gasteiger partial charge >= 0.3 is 0 Å². The molecule has 4 nitrogen and oxygen atoms in total. The van der Waals surface area contributed by atoms with E-state index < -0.39 is 0 Å². The van der Waals surface area contributed by atoms with Gasteiger partial charge in [0.05, 0.1) is 0 Å². The van der Waals surface area contributed by atoms with Crippen LogP contribution < -0.4 is 10.6 Å². The third-order valence-corrected chi connectivity index (χ3v) is 2.79. The molecule has 0 bridgehead atoms. The number of aryl methyl sites for hydroxylation is 1. The lowest BCUT2D eigenvalue weighted by Crippen LogP contribution is -2.04. The van der Waals surface area contributed by atoms with Crippen LogP contribution in [0.25, 0.3) is 0 Å². The van der Waals surface area contributed by atoms with Crippen molar-refractivity contribution < 1.29 is 0 Å². The summed E-state index contributed by atoms with van der Waals surface area (Å²) in [6.45, 7) is 5.03. The molecule has 0 fully saturated rings. The molecular formula is C15H20N4. The van der Waals surface area contributed by atoms with Crippen molar-refractivity contribution in [1.29, 1.82) is 0 Å². The SMILES string of the molecule is CCCc1ccccc1Nc1ccnc(NCC)n1. The number of benzene rings is 1. The lowest BCUT2D eigenvalue weighted by Gasteiger charge is -2.11.